The highest BCUT2D eigenvalue weighted by Gasteiger charge is 2.23. The predicted octanol–water partition coefficient (Wildman–Crippen LogP) is 4.35. The standard InChI is InChI=1S/C28H27F2N3O4/c29-19-8-11-25(23(30)15-19)33-20-9-10-21-17(13-20)6-4-16-5-7-18(14-22(16)26(21)34)27(35)32-12-2-1-3-24(31)28(36)37/h5,7-11,13-15,24,33H,1-4,6,12,31H2,(H,32,35)(H,36,37)/t24-/m0/s1. The summed E-state index contributed by atoms with van der Waals surface area (Å²) >= 11 is 0. The fraction of sp³-hybridized carbons (Fsp3) is 0.250. The van der Waals surface area contributed by atoms with Gasteiger partial charge in [0.05, 0.1) is 5.69 Å². The Morgan fingerprint density at radius 1 is 0.946 bits per heavy atom. The molecule has 3 aromatic carbocycles. The number of nitrogens with two attached hydrogens (primary N) is 1. The van der Waals surface area contributed by atoms with Gasteiger partial charge in [-0.25, -0.2) is 8.78 Å². The van der Waals surface area contributed by atoms with E-state index in [1.54, 1.807) is 36.4 Å². The minimum Gasteiger partial charge on any atom is -0.480 e. The van der Waals surface area contributed by atoms with Crippen molar-refractivity contribution in [2.24, 2.45) is 5.73 Å². The van der Waals surface area contributed by atoms with E-state index < -0.39 is 23.6 Å². The summed E-state index contributed by atoms with van der Waals surface area (Å²) in [6.45, 7) is 0.365. The second-order valence-corrected chi connectivity index (χ2v) is 9.02. The topological polar surface area (TPSA) is 122 Å². The first-order valence-corrected chi connectivity index (χ1v) is 12.0. The number of carbonyl (C=O) groups is 3. The molecule has 0 aliphatic heterocycles. The third-order valence-electron chi connectivity index (χ3n) is 6.39. The number of benzene rings is 3. The lowest BCUT2D eigenvalue weighted by Gasteiger charge is -2.12. The van der Waals surface area contributed by atoms with Crippen LogP contribution in [0.5, 0.6) is 0 Å². The van der Waals surface area contributed by atoms with Crippen LogP contribution in [0.15, 0.2) is 54.6 Å². The number of hydrogen-bond donors (Lipinski definition) is 4. The Kier molecular flexibility index (Phi) is 7.93. The molecular weight excluding hydrogens is 480 g/mol. The molecule has 0 fully saturated rings. The third kappa shape index (κ3) is 6.18. The Balaban J connectivity index is 1.44. The van der Waals surface area contributed by atoms with Crippen molar-refractivity contribution < 1.29 is 28.3 Å². The van der Waals surface area contributed by atoms with Crippen LogP contribution in [0.3, 0.4) is 0 Å². The highest BCUT2D eigenvalue weighted by molar-refractivity contribution is 6.12. The maximum absolute atomic E-state index is 14.0. The van der Waals surface area contributed by atoms with Crippen molar-refractivity contribution in [1.82, 2.24) is 5.32 Å². The van der Waals surface area contributed by atoms with Crippen LogP contribution in [0.1, 0.15) is 56.7 Å². The largest absolute Gasteiger partial charge is 0.480 e. The molecule has 0 unspecified atom stereocenters. The zero-order valence-corrected chi connectivity index (χ0v) is 20.0. The second-order valence-electron chi connectivity index (χ2n) is 9.02. The van der Waals surface area contributed by atoms with E-state index in [1.165, 1.54) is 6.07 Å². The average molecular weight is 508 g/mol. The van der Waals surface area contributed by atoms with Crippen LogP contribution in [0, 0.1) is 11.6 Å². The van der Waals surface area contributed by atoms with Crippen LogP contribution in [0.4, 0.5) is 20.2 Å². The van der Waals surface area contributed by atoms with Gasteiger partial charge in [0, 0.05) is 35.0 Å². The number of carboxylic acid groups (broad SMARTS) is 1. The zero-order valence-electron chi connectivity index (χ0n) is 20.0. The SMILES string of the molecule is N[C@@H](CCCCNC(=O)c1ccc2c(c1)C(=O)c1ccc(Nc3ccc(F)cc3F)cc1CC2)C(=O)O. The Morgan fingerprint density at radius 2 is 1.73 bits per heavy atom. The molecule has 4 rings (SSSR count). The molecule has 0 saturated heterocycles. The highest BCUT2D eigenvalue weighted by Crippen LogP contribution is 2.29. The molecule has 9 heteroatoms. The Bertz CT molecular complexity index is 1360. The lowest BCUT2D eigenvalue weighted by molar-refractivity contribution is -0.138. The molecule has 7 nitrogen and oxygen atoms in total. The van der Waals surface area contributed by atoms with E-state index >= 15 is 0 Å². The molecular formula is C28H27F2N3O4. The van der Waals surface area contributed by atoms with Crippen molar-refractivity contribution >= 4 is 29.0 Å². The van der Waals surface area contributed by atoms with Gasteiger partial charge >= 0.3 is 5.97 Å². The molecule has 0 saturated carbocycles. The van der Waals surface area contributed by atoms with E-state index in [4.69, 9.17) is 10.8 Å². The summed E-state index contributed by atoms with van der Waals surface area (Å²) in [6, 6.07) is 12.6. The van der Waals surface area contributed by atoms with Gasteiger partial charge in [-0.3, -0.25) is 14.4 Å². The molecule has 3 aromatic rings. The van der Waals surface area contributed by atoms with Crippen molar-refractivity contribution in [3.05, 3.63) is 94.0 Å². The van der Waals surface area contributed by atoms with Crippen LogP contribution < -0.4 is 16.4 Å². The monoisotopic (exact) mass is 507 g/mol. The van der Waals surface area contributed by atoms with Crippen LogP contribution in [0.25, 0.3) is 0 Å². The number of hydrogen-bond acceptors (Lipinski definition) is 5. The van der Waals surface area contributed by atoms with Gasteiger partial charge < -0.3 is 21.5 Å². The van der Waals surface area contributed by atoms with Gasteiger partial charge in [-0.2, -0.15) is 0 Å². The van der Waals surface area contributed by atoms with Crippen molar-refractivity contribution in [2.45, 2.75) is 38.1 Å². The molecule has 5 N–H and O–H groups in total. The number of unbranched alkanes of at least 4 members (excludes halogenated alkanes) is 1. The molecule has 1 amide bonds. The molecule has 0 radical (unpaired) electrons. The Hall–Kier alpha value is -4.11. The van der Waals surface area contributed by atoms with Gasteiger partial charge in [-0.15, -0.1) is 0 Å². The third-order valence-corrected chi connectivity index (χ3v) is 6.39. The first kappa shape index (κ1) is 26.0. The van der Waals surface area contributed by atoms with E-state index in [9.17, 15) is 23.2 Å². The van der Waals surface area contributed by atoms with Crippen LogP contribution in [-0.4, -0.2) is 35.4 Å². The number of amides is 1. The molecule has 0 spiro atoms. The number of aliphatic carboxylic acids is 1. The number of aryl methyl sites for hydroxylation is 2. The van der Waals surface area contributed by atoms with Gasteiger partial charge in [0.2, 0.25) is 0 Å². The minimum atomic E-state index is -1.05. The fourth-order valence-corrected chi connectivity index (χ4v) is 4.32. The van der Waals surface area contributed by atoms with Crippen molar-refractivity contribution in [3.8, 4) is 0 Å². The number of fused-ring (bicyclic) bond motifs is 2. The normalized spacial score (nSPS) is 13.2. The van der Waals surface area contributed by atoms with E-state index in [0.717, 1.165) is 23.3 Å². The summed E-state index contributed by atoms with van der Waals surface area (Å²) in [4.78, 5) is 36.8. The van der Waals surface area contributed by atoms with Gasteiger partial charge in [0.15, 0.2) is 5.78 Å². The summed E-state index contributed by atoms with van der Waals surface area (Å²) in [6.07, 6.45) is 2.65. The molecule has 37 heavy (non-hydrogen) atoms. The van der Waals surface area contributed by atoms with Crippen molar-refractivity contribution in [2.75, 3.05) is 11.9 Å². The Labute approximate surface area is 212 Å². The smallest absolute Gasteiger partial charge is 0.320 e. The lowest BCUT2D eigenvalue weighted by Crippen LogP contribution is -2.30. The minimum absolute atomic E-state index is 0.130. The molecule has 0 aromatic heterocycles. The van der Waals surface area contributed by atoms with E-state index in [1.807, 2.05) is 0 Å². The summed E-state index contributed by atoms with van der Waals surface area (Å²) in [5, 5.41) is 14.5. The van der Waals surface area contributed by atoms with Crippen LogP contribution in [-0.2, 0) is 17.6 Å². The number of halogens is 2. The molecule has 192 valence electrons. The molecule has 1 aliphatic rings. The Morgan fingerprint density at radius 3 is 2.49 bits per heavy atom. The van der Waals surface area contributed by atoms with E-state index in [0.29, 0.717) is 61.0 Å². The van der Waals surface area contributed by atoms with E-state index in [2.05, 4.69) is 10.6 Å². The summed E-state index contributed by atoms with van der Waals surface area (Å²) in [7, 11) is 0. The van der Waals surface area contributed by atoms with E-state index in [-0.39, 0.29) is 17.4 Å². The summed E-state index contributed by atoms with van der Waals surface area (Å²) < 4.78 is 27.2. The summed E-state index contributed by atoms with van der Waals surface area (Å²) in [5.41, 5.74) is 9.14. The number of nitrogens with one attached hydrogen (secondary N) is 2. The van der Waals surface area contributed by atoms with Gasteiger partial charge in [0.1, 0.15) is 17.7 Å². The molecule has 1 atom stereocenters. The van der Waals surface area contributed by atoms with Crippen molar-refractivity contribution in [1.29, 1.82) is 0 Å². The molecule has 0 heterocycles. The maximum Gasteiger partial charge on any atom is 0.320 e. The number of carboxylic acids is 1. The maximum atomic E-state index is 14.0. The average Bonchev–Trinajstić information content (AvgIpc) is 3.01. The van der Waals surface area contributed by atoms with Gasteiger partial charge in [0.25, 0.3) is 5.91 Å². The van der Waals surface area contributed by atoms with Gasteiger partial charge in [-0.05, 0) is 85.7 Å². The second kappa shape index (κ2) is 11.3. The van der Waals surface area contributed by atoms with Crippen molar-refractivity contribution in [3.63, 3.8) is 0 Å². The summed E-state index contributed by atoms with van der Waals surface area (Å²) in [5.74, 6) is -2.94. The molecule has 0 bridgehead atoms. The first-order valence-electron chi connectivity index (χ1n) is 12.0. The fourth-order valence-electron chi connectivity index (χ4n) is 4.32. The van der Waals surface area contributed by atoms with Crippen LogP contribution in [0.2, 0.25) is 0 Å². The molecule has 1 aliphatic carbocycles. The number of anilines is 2. The quantitative estimate of drug-likeness (QED) is 0.320. The zero-order chi connectivity index (χ0) is 26.5. The number of carbonyl (C=O) groups excluding carboxylic acids is 2. The number of rotatable bonds is 9. The number of ketones is 1. The predicted molar refractivity (Wildman–Crippen MR) is 135 cm³/mol. The first-order chi connectivity index (χ1) is 17.7. The lowest BCUT2D eigenvalue weighted by atomic mass is 9.96. The highest BCUT2D eigenvalue weighted by atomic mass is 19.1. The van der Waals surface area contributed by atoms with Crippen LogP contribution >= 0.6 is 0 Å². The van der Waals surface area contributed by atoms with Gasteiger partial charge in [-0.1, -0.05) is 6.07 Å².